The van der Waals surface area contributed by atoms with E-state index in [1.165, 1.54) is 32.7 Å². The van der Waals surface area contributed by atoms with Crippen LogP contribution in [0.5, 0.6) is 11.5 Å². The molecule has 8 heteroatoms. The van der Waals surface area contributed by atoms with Gasteiger partial charge >= 0.3 is 0 Å². The minimum absolute atomic E-state index is 0.0276. The van der Waals surface area contributed by atoms with E-state index in [2.05, 4.69) is 14.7 Å². The van der Waals surface area contributed by atoms with E-state index >= 15 is 0 Å². The summed E-state index contributed by atoms with van der Waals surface area (Å²) >= 11 is 0. The molecule has 1 heterocycles. The number of nitrogens with one attached hydrogen (secondary N) is 1. The predicted molar refractivity (Wildman–Crippen MR) is 101 cm³/mol. The topological polar surface area (TPSA) is 90.4 Å². The summed E-state index contributed by atoms with van der Waals surface area (Å²) in [5.41, 5.74) is 2.21. The molecule has 0 spiro atoms. The van der Waals surface area contributed by atoms with Crippen molar-refractivity contribution in [1.82, 2.24) is 14.7 Å². The van der Waals surface area contributed by atoms with Gasteiger partial charge in [0.25, 0.3) is 0 Å². The van der Waals surface area contributed by atoms with Crippen LogP contribution in [-0.4, -0.2) is 32.6 Å². The highest BCUT2D eigenvalue weighted by molar-refractivity contribution is 7.89. The summed E-state index contributed by atoms with van der Waals surface area (Å²) in [5.74, 6) is 0.712. The molecule has 0 aliphatic carbocycles. The lowest BCUT2D eigenvalue weighted by molar-refractivity contribution is 0.386. The van der Waals surface area contributed by atoms with Gasteiger partial charge in [0.1, 0.15) is 22.7 Å². The van der Waals surface area contributed by atoms with Crippen LogP contribution in [0.15, 0.2) is 65.8 Å². The summed E-state index contributed by atoms with van der Waals surface area (Å²) in [4.78, 5) is 8.41. The van der Waals surface area contributed by atoms with Crippen molar-refractivity contribution in [1.29, 1.82) is 0 Å². The maximum Gasteiger partial charge on any atom is 0.244 e. The Morgan fingerprint density at radius 3 is 2.44 bits per heavy atom. The van der Waals surface area contributed by atoms with E-state index in [0.29, 0.717) is 11.4 Å². The Kier molecular flexibility index (Phi) is 5.68. The molecule has 0 aliphatic heterocycles. The molecule has 0 amide bonds. The minimum atomic E-state index is -3.79. The standard InChI is InChI=1S/C19H19N3O4S/c1-25-16-8-9-19(18(11-16)26-2)27(23,24)22-12-15-10-17(21-13-20-15)14-6-4-3-5-7-14/h3-11,13,22H,12H2,1-2H3. The molecular formula is C19H19N3O4S. The lowest BCUT2D eigenvalue weighted by atomic mass is 10.1. The van der Waals surface area contributed by atoms with Crippen molar-refractivity contribution < 1.29 is 17.9 Å². The van der Waals surface area contributed by atoms with Crippen LogP contribution in [0.25, 0.3) is 11.3 Å². The Morgan fingerprint density at radius 1 is 0.963 bits per heavy atom. The average molecular weight is 385 g/mol. The van der Waals surface area contributed by atoms with E-state index in [-0.39, 0.29) is 17.2 Å². The molecule has 7 nitrogen and oxygen atoms in total. The monoisotopic (exact) mass is 385 g/mol. The molecule has 0 radical (unpaired) electrons. The van der Waals surface area contributed by atoms with Crippen LogP contribution in [0, 0.1) is 0 Å². The van der Waals surface area contributed by atoms with Crippen LogP contribution in [0.2, 0.25) is 0 Å². The number of sulfonamides is 1. The number of benzene rings is 2. The Morgan fingerprint density at radius 2 is 1.74 bits per heavy atom. The largest absolute Gasteiger partial charge is 0.497 e. The van der Waals surface area contributed by atoms with Crippen molar-refractivity contribution in [2.24, 2.45) is 0 Å². The zero-order chi connectivity index (χ0) is 19.3. The van der Waals surface area contributed by atoms with E-state index < -0.39 is 10.0 Å². The van der Waals surface area contributed by atoms with Crippen LogP contribution in [0.3, 0.4) is 0 Å². The first-order valence-electron chi connectivity index (χ1n) is 8.11. The van der Waals surface area contributed by atoms with Crippen molar-refractivity contribution >= 4 is 10.0 Å². The number of methoxy groups -OCH3 is 2. The quantitative estimate of drug-likeness (QED) is 0.672. The first-order valence-corrected chi connectivity index (χ1v) is 9.60. The van der Waals surface area contributed by atoms with Crippen LogP contribution in [-0.2, 0) is 16.6 Å². The van der Waals surface area contributed by atoms with Gasteiger partial charge in [0.15, 0.2) is 0 Å². The molecule has 0 atom stereocenters. The number of rotatable bonds is 7. The van der Waals surface area contributed by atoms with Gasteiger partial charge in [-0.25, -0.2) is 23.1 Å². The lowest BCUT2D eigenvalue weighted by Gasteiger charge is -2.12. The van der Waals surface area contributed by atoms with Crippen LogP contribution < -0.4 is 14.2 Å². The molecule has 1 aromatic heterocycles. The molecule has 0 fully saturated rings. The maximum absolute atomic E-state index is 12.7. The number of hydrogen-bond acceptors (Lipinski definition) is 6. The first kappa shape index (κ1) is 18.8. The van der Waals surface area contributed by atoms with Crippen LogP contribution >= 0.6 is 0 Å². The fourth-order valence-corrected chi connectivity index (χ4v) is 3.65. The van der Waals surface area contributed by atoms with Crippen molar-refractivity contribution in [2.45, 2.75) is 11.4 Å². The zero-order valence-electron chi connectivity index (χ0n) is 14.9. The van der Waals surface area contributed by atoms with Gasteiger partial charge in [-0.3, -0.25) is 0 Å². The fourth-order valence-electron chi connectivity index (χ4n) is 2.50. The summed E-state index contributed by atoms with van der Waals surface area (Å²) in [5, 5.41) is 0. The minimum Gasteiger partial charge on any atom is -0.497 e. The molecule has 0 unspecified atom stereocenters. The van der Waals surface area contributed by atoms with E-state index in [1.54, 1.807) is 12.1 Å². The molecule has 2 aromatic carbocycles. The maximum atomic E-state index is 12.7. The number of nitrogens with zero attached hydrogens (tertiary/aromatic N) is 2. The second-order valence-electron chi connectivity index (χ2n) is 5.60. The Hall–Kier alpha value is -2.97. The Labute approximate surface area is 158 Å². The molecule has 3 rings (SSSR count). The van der Waals surface area contributed by atoms with E-state index in [1.807, 2.05) is 30.3 Å². The van der Waals surface area contributed by atoms with Gasteiger partial charge in [0, 0.05) is 11.6 Å². The summed E-state index contributed by atoms with van der Waals surface area (Å²) < 4.78 is 38.1. The van der Waals surface area contributed by atoms with Gasteiger partial charge in [0.05, 0.1) is 32.2 Å². The SMILES string of the molecule is COc1ccc(S(=O)(=O)NCc2cc(-c3ccccc3)ncn2)c(OC)c1. The molecule has 140 valence electrons. The highest BCUT2D eigenvalue weighted by Gasteiger charge is 2.20. The number of ether oxygens (including phenoxy) is 2. The van der Waals surface area contributed by atoms with E-state index in [9.17, 15) is 8.42 Å². The molecule has 0 aliphatic rings. The predicted octanol–water partition coefficient (Wildman–Crippen LogP) is 2.64. The highest BCUT2D eigenvalue weighted by atomic mass is 32.2. The molecule has 0 saturated carbocycles. The Balaban J connectivity index is 1.80. The van der Waals surface area contributed by atoms with Crippen LogP contribution in [0.4, 0.5) is 0 Å². The normalized spacial score (nSPS) is 11.2. The second-order valence-corrected chi connectivity index (χ2v) is 7.34. The highest BCUT2D eigenvalue weighted by Crippen LogP contribution is 2.28. The van der Waals surface area contributed by atoms with Gasteiger partial charge in [-0.15, -0.1) is 0 Å². The van der Waals surface area contributed by atoms with Crippen LogP contribution in [0.1, 0.15) is 5.69 Å². The molecule has 3 aromatic rings. The number of aromatic nitrogens is 2. The molecule has 0 saturated heterocycles. The molecule has 0 bridgehead atoms. The first-order chi connectivity index (χ1) is 13.0. The van der Waals surface area contributed by atoms with Gasteiger partial charge in [0.2, 0.25) is 10.0 Å². The third kappa shape index (κ3) is 4.42. The van der Waals surface area contributed by atoms with Crippen molar-refractivity contribution in [2.75, 3.05) is 14.2 Å². The zero-order valence-corrected chi connectivity index (χ0v) is 15.7. The van der Waals surface area contributed by atoms with Gasteiger partial charge < -0.3 is 9.47 Å². The molecular weight excluding hydrogens is 366 g/mol. The summed E-state index contributed by atoms with van der Waals surface area (Å²) in [6, 6.07) is 15.9. The van der Waals surface area contributed by atoms with E-state index in [0.717, 1.165) is 11.3 Å². The second kappa shape index (κ2) is 8.15. The molecule has 1 N–H and O–H groups in total. The Bertz CT molecular complexity index is 1020. The number of hydrogen-bond donors (Lipinski definition) is 1. The summed E-state index contributed by atoms with van der Waals surface area (Å²) in [7, 11) is -0.887. The third-order valence-corrected chi connectivity index (χ3v) is 5.34. The summed E-state index contributed by atoms with van der Waals surface area (Å²) in [6.45, 7) is 0.0276. The van der Waals surface area contributed by atoms with Gasteiger partial charge in [-0.05, 0) is 18.2 Å². The van der Waals surface area contributed by atoms with Crippen molar-refractivity contribution in [3.05, 3.63) is 66.6 Å². The smallest absolute Gasteiger partial charge is 0.244 e. The summed E-state index contributed by atoms with van der Waals surface area (Å²) in [6.07, 6.45) is 1.42. The molecule has 27 heavy (non-hydrogen) atoms. The van der Waals surface area contributed by atoms with E-state index in [4.69, 9.17) is 9.47 Å². The lowest BCUT2D eigenvalue weighted by Crippen LogP contribution is -2.24. The van der Waals surface area contributed by atoms with Gasteiger partial charge in [-0.1, -0.05) is 30.3 Å². The fraction of sp³-hybridized carbons (Fsp3) is 0.158. The average Bonchev–Trinajstić information content (AvgIpc) is 2.72. The van der Waals surface area contributed by atoms with Crippen molar-refractivity contribution in [3.63, 3.8) is 0 Å². The third-order valence-electron chi connectivity index (χ3n) is 3.90. The van der Waals surface area contributed by atoms with Gasteiger partial charge in [-0.2, -0.15) is 0 Å². The van der Waals surface area contributed by atoms with Crippen molar-refractivity contribution in [3.8, 4) is 22.8 Å².